The van der Waals surface area contributed by atoms with E-state index in [0.717, 1.165) is 24.0 Å². The van der Waals surface area contributed by atoms with Gasteiger partial charge >= 0.3 is 5.63 Å². The average molecular weight is 230 g/mol. The Hall–Kier alpha value is -1.77. The predicted molar refractivity (Wildman–Crippen MR) is 65.4 cm³/mol. The van der Waals surface area contributed by atoms with Gasteiger partial charge in [0.2, 0.25) is 0 Å². The highest BCUT2D eigenvalue weighted by Crippen LogP contribution is 2.26. The second-order valence-corrected chi connectivity index (χ2v) is 4.48. The van der Waals surface area contributed by atoms with Crippen molar-refractivity contribution in [1.82, 2.24) is 0 Å². The van der Waals surface area contributed by atoms with Crippen molar-refractivity contribution in [3.63, 3.8) is 0 Å². The molecule has 1 heterocycles. The van der Waals surface area contributed by atoms with Crippen molar-refractivity contribution in [2.45, 2.75) is 31.8 Å². The van der Waals surface area contributed by atoms with E-state index in [-0.39, 0.29) is 5.63 Å². The highest BCUT2D eigenvalue weighted by molar-refractivity contribution is 5.77. The van der Waals surface area contributed by atoms with Gasteiger partial charge in [-0.1, -0.05) is 0 Å². The zero-order chi connectivity index (χ0) is 11.7. The van der Waals surface area contributed by atoms with Crippen LogP contribution in [0.3, 0.4) is 0 Å². The van der Waals surface area contributed by atoms with Crippen molar-refractivity contribution in [3.05, 3.63) is 40.8 Å². The summed E-state index contributed by atoms with van der Waals surface area (Å²) in [7, 11) is 0. The topological polar surface area (TPSA) is 39.4 Å². The van der Waals surface area contributed by atoms with Crippen LogP contribution < -0.4 is 10.4 Å². The van der Waals surface area contributed by atoms with Gasteiger partial charge in [-0.15, -0.1) is 0 Å². The lowest BCUT2D eigenvalue weighted by molar-refractivity contribution is 0.210. The Bertz CT molecular complexity index is 579. The van der Waals surface area contributed by atoms with Crippen molar-refractivity contribution in [2.24, 2.45) is 0 Å². The molecule has 2 aromatic rings. The number of fused-ring (bicyclic) bond motifs is 1. The fourth-order valence-corrected chi connectivity index (χ4v) is 2.31. The lowest BCUT2D eigenvalue weighted by Crippen LogP contribution is -2.10. The fourth-order valence-electron chi connectivity index (χ4n) is 2.31. The summed E-state index contributed by atoms with van der Waals surface area (Å²) in [5, 5.41) is 0.920. The van der Waals surface area contributed by atoms with Crippen LogP contribution >= 0.6 is 0 Å². The molecule has 1 fully saturated rings. The number of hydrogen-bond acceptors (Lipinski definition) is 3. The molecule has 0 saturated heterocycles. The molecule has 1 aliphatic rings. The van der Waals surface area contributed by atoms with Gasteiger partial charge in [0.15, 0.2) is 0 Å². The summed E-state index contributed by atoms with van der Waals surface area (Å²) in [5.41, 5.74) is 0.267. The van der Waals surface area contributed by atoms with Gasteiger partial charge in [0.05, 0.1) is 6.10 Å². The van der Waals surface area contributed by atoms with E-state index in [9.17, 15) is 4.79 Å². The predicted octanol–water partition coefficient (Wildman–Crippen LogP) is 3.11. The lowest BCUT2D eigenvalue weighted by Gasteiger charge is -2.12. The Morgan fingerprint density at radius 3 is 2.71 bits per heavy atom. The van der Waals surface area contributed by atoms with Crippen LogP contribution in [-0.4, -0.2) is 6.10 Å². The zero-order valence-corrected chi connectivity index (χ0v) is 9.52. The first-order chi connectivity index (χ1) is 8.31. The molecule has 3 rings (SSSR count). The normalized spacial score (nSPS) is 16.5. The molecule has 0 amide bonds. The summed E-state index contributed by atoms with van der Waals surface area (Å²) in [5.74, 6) is 0.791. The molecule has 1 aromatic heterocycles. The van der Waals surface area contributed by atoms with Crippen LogP contribution in [0.5, 0.6) is 5.75 Å². The molecular formula is C14H14O3. The monoisotopic (exact) mass is 230 g/mol. The van der Waals surface area contributed by atoms with E-state index in [2.05, 4.69) is 0 Å². The van der Waals surface area contributed by atoms with Crippen LogP contribution in [0.2, 0.25) is 0 Å². The third-order valence-corrected chi connectivity index (χ3v) is 3.20. The highest BCUT2D eigenvalue weighted by atomic mass is 16.5. The summed E-state index contributed by atoms with van der Waals surface area (Å²) in [4.78, 5) is 11.1. The van der Waals surface area contributed by atoms with E-state index in [1.807, 2.05) is 12.1 Å². The van der Waals surface area contributed by atoms with Gasteiger partial charge in [0.1, 0.15) is 11.3 Å². The molecular weight excluding hydrogens is 216 g/mol. The summed E-state index contributed by atoms with van der Waals surface area (Å²) in [6.45, 7) is 0. The Kier molecular flexibility index (Phi) is 2.59. The molecule has 0 aliphatic heterocycles. The van der Waals surface area contributed by atoms with Crippen LogP contribution in [0.15, 0.2) is 39.5 Å². The molecule has 88 valence electrons. The summed E-state index contributed by atoms with van der Waals surface area (Å²) in [6, 6.07) is 8.85. The number of benzene rings is 1. The van der Waals surface area contributed by atoms with Crippen LogP contribution in [0.4, 0.5) is 0 Å². The molecule has 0 unspecified atom stereocenters. The quantitative estimate of drug-likeness (QED) is 0.744. The van der Waals surface area contributed by atoms with Gasteiger partial charge in [-0.05, 0) is 43.9 Å². The van der Waals surface area contributed by atoms with E-state index in [1.165, 1.54) is 18.9 Å². The maximum atomic E-state index is 11.1. The Morgan fingerprint density at radius 2 is 1.88 bits per heavy atom. The molecule has 0 N–H and O–H groups in total. The Balaban J connectivity index is 1.92. The largest absolute Gasteiger partial charge is 0.490 e. The minimum Gasteiger partial charge on any atom is -0.490 e. The molecule has 1 aromatic carbocycles. The second kappa shape index (κ2) is 4.24. The summed E-state index contributed by atoms with van der Waals surface area (Å²) in [6.07, 6.45) is 5.05. The minimum atomic E-state index is -0.324. The number of hydrogen-bond donors (Lipinski definition) is 0. The molecule has 0 bridgehead atoms. The number of ether oxygens (including phenoxy) is 1. The molecule has 0 radical (unpaired) electrons. The van der Waals surface area contributed by atoms with Gasteiger partial charge in [0.25, 0.3) is 0 Å². The summed E-state index contributed by atoms with van der Waals surface area (Å²) < 4.78 is 11.0. The number of rotatable bonds is 2. The van der Waals surface area contributed by atoms with Gasteiger partial charge in [-0.25, -0.2) is 4.79 Å². The van der Waals surface area contributed by atoms with Gasteiger partial charge in [-0.2, -0.15) is 0 Å². The van der Waals surface area contributed by atoms with E-state index in [0.29, 0.717) is 11.7 Å². The molecule has 1 saturated carbocycles. The molecule has 3 heteroatoms. The highest BCUT2D eigenvalue weighted by Gasteiger charge is 2.16. The molecule has 0 spiro atoms. The lowest BCUT2D eigenvalue weighted by atomic mass is 10.2. The second-order valence-electron chi connectivity index (χ2n) is 4.48. The molecule has 17 heavy (non-hydrogen) atoms. The first kappa shape index (κ1) is 10.4. The van der Waals surface area contributed by atoms with Crippen LogP contribution in [0.1, 0.15) is 25.7 Å². The van der Waals surface area contributed by atoms with E-state index >= 15 is 0 Å². The first-order valence-corrected chi connectivity index (χ1v) is 6.02. The standard InChI is InChI=1S/C14H14O3/c15-14-8-6-10-5-7-12(9-13(10)17-14)16-11-3-1-2-4-11/h5-9,11H,1-4H2. The third kappa shape index (κ3) is 2.18. The maximum Gasteiger partial charge on any atom is 0.336 e. The minimum absolute atomic E-state index is 0.322. The summed E-state index contributed by atoms with van der Waals surface area (Å²) >= 11 is 0. The zero-order valence-electron chi connectivity index (χ0n) is 9.52. The van der Waals surface area contributed by atoms with E-state index < -0.39 is 0 Å². The average Bonchev–Trinajstić information content (AvgIpc) is 2.81. The smallest absolute Gasteiger partial charge is 0.336 e. The fraction of sp³-hybridized carbons (Fsp3) is 0.357. The Labute approximate surface area is 99.0 Å². The van der Waals surface area contributed by atoms with Crippen LogP contribution in [0.25, 0.3) is 11.0 Å². The molecule has 1 aliphatic carbocycles. The van der Waals surface area contributed by atoms with E-state index in [1.54, 1.807) is 12.1 Å². The van der Waals surface area contributed by atoms with E-state index in [4.69, 9.17) is 9.15 Å². The SMILES string of the molecule is O=c1ccc2ccc(OC3CCCC3)cc2o1. The van der Waals surface area contributed by atoms with Crippen molar-refractivity contribution in [1.29, 1.82) is 0 Å². The molecule has 0 atom stereocenters. The van der Waals surface area contributed by atoms with Crippen molar-refractivity contribution in [3.8, 4) is 5.75 Å². The van der Waals surface area contributed by atoms with Crippen molar-refractivity contribution >= 4 is 11.0 Å². The Morgan fingerprint density at radius 1 is 1.12 bits per heavy atom. The van der Waals surface area contributed by atoms with Crippen LogP contribution in [0, 0.1) is 0 Å². The van der Waals surface area contributed by atoms with Crippen molar-refractivity contribution in [2.75, 3.05) is 0 Å². The van der Waals surface area contributed by atoms with Crippen molar-refractivity contribution < 1.29 is 9.15 Å². The maximum absolute atomic E-state index is 11.1. The third-order valence-electron chi connectivity index (χ3n) is 3.20. The molecule has 3 nitrogen and oxygen atoms in total. The van der Waals surface area contributed by atoms with Crippen LogP contribution in [-0.2, 0) is 0 Å². The van der Waals surface area contributed by atoms with Gasteiger partial charge in [-0.3, -0.25) is 0 Å². The van der Waals surface area contributed by atoms with Gasteiger partial charge in [0, 0.05) is 17.5 Å². The van der Waals surface area contributed by atoms with Gasteiger partial charge < -0.3 is 9.15 Å². The first-order valence-electron chi connectivity index (χ1n) is 6.02.